The van der Waals surface area contributed by atoms with Crippen molar-refractivity contribution in [1.29, 1.82) is 0 Å². The molecular formula is C20H24ClNO4S. The molecule has 2 aromatic rings. The van der Waals surface area contributed by atoms with Crippen LogP contribution in [-0.4, -0.2) is 19.5 Å². The summed E-state index contributed by atoms with van der Waals surface area (Å²) in [5, 5.41) is 9.36. The molecule has 0 heterocycles. The van der Waals surface area contributed by atoms with Gasteiger partial charge in [0.05, 0.1) is 11.3 Å². The molecule has 2 rings (SSSR count). The number of hydrogen-bond acceptors (Lipinski definition) is 3. The highest BCUT2D eigenvalue weighted by molar-refractivity contribution is 7.89. The molecule has 1 atom stereocenters. The van der Waals surface area contributed by atoms with Crippen LogP contribution in [0.3, 0.4) is 0 Å². The maximum atomic E-state index is 12.7. The van der Waals surface area contributed by atoms with Gasteiger partial charge in [0.2, 0.25) is 10.0 Å². The zero-order chi connectivity index (χ0) is 19.9. The Kier molecular flexibility index (Phi) is 7.83. The molecule has 0 radical (unpaired) electrons. The molecule has 0 aromatic heterocycles. The second-order valence-electron chi connectivity index (χ2n) is 6.44. The van der Waals surface area contributed by atoms with E-state index in [2.05, 4.69) is 11.6 Å². The Morgan fingerprint density at radius 3 is 2.26 bits per heavy atom. The number of sulfonamides is 1. The molecule has 0 saturated heterocycles. The molecule has 5 nitrogen and oxygen atoms in total. The van der Waals surface area contributed by atoms with E-state index in [1.807, 2.05) is 0 Å². The van der Waals surface area contributed by atoms with Gasteiger partial charge in [-0.05, 0) is 41.8 Å². The van der Waals surface area contributed by atoms with Crippen molar-refractivity contribution in [2.75, 3.05) is 0 Å². The second kappa shape index (κ2) is 9.88. The van der Waals surface area contributed by atoms with Gasteiger partial charge in [0.25, 0.3) is 0 Å². The van der Waals surface area contributed by atoms with E-state index in [-0.39, 0.29) is 17.4 Å². The van der Waals surface area contributed by atoms with E-state index < -0.39 is 16.0 Å². The molecule has 0 aliphatic carbocycles. The van der Waals surface area contributed by atoms with E-state index in [4.69, 9.17) is 16.7 Å². The van der Waals surface area contributed by atoms with Crippen molar-refractivity contribution >= 4 is 27.6 Å². The first-order valence-electron chi connectivity index (χ1n) is 8.90. The Bertz CT molecular complexity index is 849. The molecule has 146 valence electrons. The van der Waals surface area contributed by atoms with Crippen molar-refractivity contribution < 1.29 is 18.3 Å². The van der Waals surface area contributed by atoms with Crippen LogP contribution in [0, 0.1) is 0 Å². The molecule has 2 aromatic carbocycles. The monoisotopic (exact) mass is 409 g/mol. The number of rotatable bonds is 10. The van der Waals surface area contributed by atoms with Crippen LogP contribution in [-0.2, 0) is 21.2 Å². The normalized spacial score (nSPS) is 12.7. The molecule has 0 saturated carbocycles. The van der Waals surface area contributed by atoms with Gasteiger partial charge < -0.3 is 5.11 Å². The summed E-state index contributed by atoms with van der Waals surface area (Å²) in [4.78, 5) is 11.0. The van der Waals surface area contributed by atoms with Crippen molar-refractivity contribution in [2.24, 2.45) is 0 Å². The summed E-state index contributed by atoms with van der Waals surface area (Å²) in [5.74, 6) is -0.898. The number of halogens is 1. The fourth-order valence-electron chi connectivity index (χ4n) is 2.80. The van der Waals surface area contributed by atoms with E-state index in [0.29, 0.717) is 17.0 Å². The number of nitrogens with one attached hydrogen (secondary N) is 1. The summed E-state index contributed by atoms with van der Waals surface area (Å²) >= 11 is 5.84. The summed E-state index contributed by atoms with van der Waals surface area (Å²) in [7, 11) is -3.69. The molecule has 0 spiro atoms. The number of unbranched alkanes of at least 4 members (excludes halogenated alkanes) is 2. The fourth-order valence-corrected chi connectivity index (χ4v) is 4.19. The van der Waals surface area contributed by atoms with Crippen LogP contribution in [0.1, 0.15) is 49.8 Å². The third-order valence-electron chi connectivity index (χ3n) is 4.26. The van der Waals surface area contributed by atoms with E-state index >= 15 is 0 Å². The number of benzene rings is 2. The molecule has 0 aliphatic rings. The lowest BCUT2D eigenvalue weighted by Gasteiger charge is -2.20. The lowest BCUT2D eigenvalue weighted by molar-refractivity contribution is -0.136. The highest BCUT2D eigenvalue weighted by Crippen LogP contribution is 2.24. The number of carboxylic acid groups (broad SMARTS) is 1. The lowest BCUT2D eigenvalue weighted by atomic mass is 9.99. The zero-order valence-corrected chi connectivity index (χ0v) is 16.8. The van der Waals surface area contributed by atoms with Gasteiger partial charge in [-0.15, -0.1) is 0 Å². The SMILES string of the molecule is CCCCCC(NS(=O)(=O)c1ccc(Cl)cc1)c1ccc(CC(=O)O)cc1. The Morgan fingerprint density at radius 2 is 1.70 bits per heavy atom. The minimum Gasteiger partial charge on any atom is -0.481 e. The molecular weight excluding hydrogens is 386 g/mol. The maximum absolute atomic E-state index is 12.7. The van der Waals surface area contributed by atoms with Crippen LogP contribution in [0.4, 0.5) is 0 Å². The quantitative estimate of drug-likeness (QED) is 0.563. The Balaban J connectivity index is 2.22. The third-order valence-corrected chi connectivity index (χ3v) is 5.99. The predicted molar refractivity (Wildman–Crippen MR) is 106 cm³/mol. The van der Waals surface area contributed by atoms with Crippen LogP contribution in [0.2, 0.25) is 5.02 Å². The standard InChI is InChI=1S/C20H24ClNO4S/c1-2-3-4-5-19(16-8-6-15(7-9-16)14-20(23)24)22-27(25,26)18-12-10-17(21)11-13-18/h6-13,19,22H,2-5,14H2,1H3,(H,23,24). The average molecular weight is 410 g/mol. The zero-order valence-electron chi connectivity index (χ0n) is 15.2. The van der Waals surface area contributed by atoms with Crippen molar-refractivity contribution in [3.05, 3.63) is 64.7 Å². The van der Waals surface area contributed by atoms with E-state index in [1.165, 1.54) is 12.1 Å². The van der Waals surface area contributed by atoms with Crippen LogP contribution < -0.4 is 4.72 Å². The Labute approximate surface area is 165 Å². The highest BCUT2D eigenvalue weighted by atomic mass is 35.5. The van der Waals surface area contributed by atoms with Gasteiger partial charge in [0.15, 0.2) is 0 Å². The number of hydrogen-bond donors (Lipinski definition) is 2. The lowest BCUT2D eigenvalue weighted by Crippen LogP contribution is -2.28. The van der Waals surface area contributed by atoms with Gasteiger partial charge in [-0.1, -0.05) is 62.1 Å². The largest absolute Gasteiger partial charge is 0.481 e. The van der Waals surface area contributed by atoms with Crippen LogP contribution >= 0.6 is 11.6 Å². The smallest absolute Gasteiger partial charge is 0.307 e. The molecule has 0 bridgehead atoms. The first kappa shape index (κ1) is 21.4. The maximum Gasteiger partial charge on any atom is 0.307 e. The highest BCUT2D eigenvalue weighted by Gasteiger charge is 2.21. The Hall–Kier alpha value is -1.89. The molecule has 1 unspecified atom stereocenters. The van der Waals surface area contributed by atoms with Crippen LogP contribution in [0.25, 0.3) is 0 Å². The van der Waals surface area contributed by atoms with Crippen molar-refractivity contribution in [1.82, 2.24) is 4.72 Å². The molecule has 0 aliphatic heterocycles. The molecule has 0 fully saturated rings. The van der Waals surface area contributed by atoms with Gasteiger partial charge >= 0.3 is 5.97 Å². The number of carbonyl (C=O) groups is 1. The second-order valence-corrected chi connectivity index (χ2v) is 8.59. The number of aliphatic carboxylic acids is 1. The Morgan fingerprint density at radius 1 is 1.07 bits per heavy atom. The van der Waals surface area contributed by atoms with Gasteiger partial charge in [-0.25, -0.2) is 13.1 Å². The van der Waals surface area contributed by atoms with Gasteiger partial charge in [0, 0.05) is 11.1 Å². The summed E-state index contributed by atoms with van der Waals surface area (Å²) < 4.78 is 28.3. The summed E-state index contributed by atoms with van der Waals surface area (Å²) in [5.41, 5.74) is 1.50. The van der Waals surface area contributed by atoms with Crippen molar-refractivity contribution in [3.63, 3.8) is 0 Å². The predicted octanol–water partition coefficient (Wildman–Crippen LogP) is 4.57. The molecule has 0 amide bonds. The molecule has 27 heavy (non-hydrogen) atoms. The minimum absolute atomic E-state index is 0.0583. The van der Waals surface area contributed by atoms with Gasteiger partial charge in [0.1, 0.15) is 0 Å². The summed E-state index contributed by atoms with van der Waals surface area (Å²) in [6.07, 6.45) is 3.54. The van der Waals surface area contributed by atoms with Gasteiger partial charge in [-0.2, -0.15) is 0 Å². The van der Waals surface area contributed by atoms with Crippen molar-refractivity contribution in [2.45, 2.75) is 50.0 Å². The van der Waals surface area contributed by atoms with E-state index in [1.54, 1.807) is 36.4 Å². The third kappa shape index (κ3) is 6.65. The fraction of sp³-hybridized carbons (Fsp3) is 0.350. The van der Waals surface area contributed by atoms with Crippen LogP contribution in [0.15, 0.2) is 53.4 Å². The molecule has 2 N–H and O–H groups in total. The first-order valence-corrected chi connectivity index (χ1v) is 10.8. The van der Waals surface area contributed by atoms with Crippen molar-refractivity contribution in [3.8, 4) is 0 Å². The van der Waals surface area contributed by atoms with Crippen LogP contribution in [0.5, 0.6) is 0 Å². The van der Waals surface area contributed by atoms with Gasteiger partial charge in [-0.3, -0.25) is 4.79 Å². The van der Waals surface area contributed by atoms with E-state index in [9.17, 15) is 13.2 Å². The van der Waals surface area contributed by atoms with E-state index in [0.717, 1.165) is 24.8 Å². The average Bonchev–Trinajstić information content (AvgIpc) is 2.61. The topological polar surface area (TPSA) is 83.5 Å². The summed E-state index contributed by atoms with van der Waals surface area (Å²) in [6.45, 7) is 2.09. The first-order chi connectivity index (χ1) is 12.8. The minimum atomic E-state index is -3.69. The molecule has 7 heteroatoms. The summed E-state index contributed by atoms with van der Waals surface area (Å²) in [6, 6.07) is 12.7. The number of carboxylic acids is 1.